The van der Waals surface area contributed by atoms with Gasteiger partial charge in [0, 0.05) is 11.8 Å². The van der Waals surface area contributed by atoms with E-state index in [2.05, 4.69) is 5.32 Å². The molecule has 0 fully saturated rings. The molecule has 1 atom stereocenters. The van der Waals surface area contributed by atoms with E-state index < -0.39 is 0 Å². The Morgan fingerprint density at radius 3 is 2.70 bits per heavy atom. The maximum atomic E-state index is 11.4. The van der Waals surface area contributed by atoms with Gasteiger partial charge in [-0.15, -0.1) is 0 Å². The summed E-state index contributed by atoms with van der Waals surface area (Å²) in [5.41, 5.74) is 0.941. The molecule has 0 aliphatic heterocycles. The highest BCUT2D eigenvalue weighted by molar-refractivity contribution is 5.81. The van der Waals surface area contributed by atoms with Gasteiger partial charge in [-0.2, -0.15) is 0 Å². The second-order valence-corrected chi connectivity index (χ2v) is 4.83. The number of carbonyl (C=O) groups is 1. The van der Waals surface area contributed by atoms with Gasteiger partial charge in [0.25, 0.3) is 0 Å². The Labute approximate surface area is 135 Å². The van der Waals surface area contributed by atoms with Gasteiger partial charge in [-0.3, -0.25) is 0 Å². The third-order valence-corrected chi connectivity index (χ3v) is 3.23. The van der Waals surface area contributed by atoms with Crippen molar-refractivity contribution in [3.05, 3.63) is 60.6 Å². The van der Waals surface area contributed by atoms with E-state index >= 15 is 0 Å². The SMILES string of the molecule is CCOC(=O)/C=C/C[C@H](Nc1ccc(OC)cc1)c1ccco1. The molecule has 1 aromatic carbocycles. The Kier molecular flexibility index (Phi) is 6.29. The van der Waals surface area contributed by atoms with E-state index in [9.17, 15) is 4.79 Å². The molecule has 5 heteroatoms. The van der Waals surface area contributed by atoms with Crippen LogP contribution < -0.4 is 10.1 Å². The molecule has 0 radical (unpaired) electrons. The number of benzene rings is 1. The summed E-state index contributed by atoms with van der Waals surface area (Å²) in [6.45, 7) is 2.15. The summed E-state index contributed by atoms with van der Waals surface area (Å²) in [4.78, 5) is 11.4. The number of carbonyl (C=O) groups excluding carboxylic acids is 1. The maximum absolute atomic E-state index is 11.4. The monoisotopic (exact) mass is 315 g/mol. The molecule has 5 nitrogen and oxygen atoms in total. The first-order valence-electron chi connectivity index (χ1n) is 7.50. The van der Waals surface area contributed by atoms with Crippen molar-refractivity contribution < 1.29 is 18.7 Å². The molecule has 0 saturated carbocycles. The number of methoxy groups -OCH3 is 1. The molecular weight excluding hydrogens is 294 g/mol. The number of nitrogens with one attached hydrogen (secondary N) is 1. The summed E-state index contributed by atoms with van der Waals surface area (Å²) in [6, 6.07) is 11.3. The summed E-state index contributed by atoms with van der Waals surface area (Å²) < 4.78 is 15.5. The zero-order valence-corrected chi connectivity index (χ0v) is 13.3. The number of hydrogen-bond acceptors (Lipinski definition) is 5. The molecule has 0 spiro atoms. The van der Waals surface area contributed by atoms with Gasteiger partial charge >= 0.3 is 5.97 Å². The van der Waals surface area contributed by atoms with Gasteiger partial charge in [0.1, 0.15) is 11.5 Å². The molecular formula is C18H21NO4. The molecule has 1 N–H and O–H groups in total. The third kappa shape index (κ3) is 5.21. The zero-order chi connectivity index (χ0) is 16.5. The minimum Gasteiger partial charge on any atom is -0.497 e. The summed E-state index contributed by atoms with van der Waals surface area (Å²) in [5, 5.41) is 3.39. The minimum atomic E-state index is -0.338. The van der Waals surface area contributed by atoms with Crippen molar-refractivity contribution in [2.75, 3.05) is 19.0 Å². The molecule has 0 aliphatic rings. The highest BCUT2D eigenvalue weighted by Crippen LogP contribution is 2.25. The van der Waals surface area contributed by atoms with Crippen molar-refractivity contribution in [1.29, 1.82) is 0 Å². The molecule has 122 valence electrons. The van der Waals surface area contributed by atoms with Gasteiger partial charge in [0.05, 0.1) is 26.0 Å². The topological polar surface area (TPSA) is 60.7 Å². The molecule has 0 aliphatic carbocycles. The van der Waals surface area contributed by atoms with Crippen molar-refractivity contribution in [2.45, 2.75) is 19.4 Å². The number of hydrogen-bond donors (Lipinski definition) is 1. The lowest BCUT2D eigenvalue weighted by molar-refractivity contribution is -0.137. The molecule has 0 saturated heterocycles. The van der Waals surface area contributed by atoms with E-state index in [1.54, 1.807) is 26.4 Å². The van der Waals surface area contributed by atoms with Crippen LogP contribution in [0.5, 0.6) is 5.75 Å². The Balaban J connectivity index is 2.04. The van der Waals surface area contributed by atoms with Crippen LogP contribution in [0.1, 0.15) is 25.1 Å². The number of rotatable bonds is 8. The molecule has 2 aromatic rings. The normalized spacial score (nSPS) is 12.1. The van der Waals surface area contributed by atoms with E-state index in [1.807, 2.05) is 36.4 Å². The van der Waals surface area contributed by atoms with E-state index in [0.29, 0.717) is 13.0 Å². The van der Waals surface area contributed by atoms with Gasteiger partial charge in [0.2, 0.25) is 0 Å². The second kappa shape index (κ2) is 8.68. The summed E-state index contributed by atoms with van der Waals surface area (Å²) in [6.07, 6.45) is 5.45. The van der Waals surface area contributed by atoms with Crippen molar-refractivity contribution in [3.63, 3.8) is 0 Å². The van der Waals surface area contributed by atoms with E-state index in [-0.39, 0.29) is 12.0 Å². The molecule has 0 amide bonds. The fraction of sp³-hybridized carbons (Fsp3) is 0.278. The Morgan fingerprint density at radius 2 is 2.09 bits per heavy atom. The molecule has 1 heterocycles. The van der Waals surface area contributed by atoms with Crippen LogP contribution in [-0.2, 0) is 9.53 Å². The fourth-order valence-electron chi connectivity index (χ4n) is 2.11. The predicted octanol–water partition coefficient (Wildman–Crippen LogP) is 3.95. The first-order valence-corrected chi connectivity index (χ1v) is 7.50. The lowest BCUT2D eigenvalue weighted by atomic mass is 10.1. The van der Waals surface area contributed by atoms with E-state index in [0.717, 1.165) is 17.2 Å². The van der Waals surface area contributed by atoms with Gasteiger partial charge in [0.15, 0.2) is 0 Å². The summed E-state index contributed by atoms with van der Waals surface area (Å²) in [5.74, 6) is 1.26. The van der Waals surface area contributed by atoms with Crippen LogP contribution >= 0.6 is 0 Å². The van der Waals surface area contributed by atoms with Crippen LogP contribution in [0.2, 0.25) is 0 Å². The average Bonchev–Trinajstić information content (AvgIpc) is 3.09. The van der Waals surface area contributed by atoms with Crippen molar-refractivity contribution in [1.82, 2.24) is 0 Å². The van der Waals surface area contributed by atoms with Crippen LogP contribution in [0, 0.1) is 0 Å². The van der Waals surface area contributed by atoms with Crippen LogP contribution in [0.25, 0.3) is 0 Å². The largest absolute Gasteiger partial charge is 0.497 e. The van der Waals surface area contributed by atoms with Gasteiger partial charge in [-0.05, 0) is 49.7 Å². The minimum absolute atomic E-state index is 0.0796. The molecule has 0 bridgehead atoms. The van der Waals surface area contributed by atoms with Gasteiger partial charge in [-0.1, -0.05) is 6.08 Å². The second-order valence-electron chi connectivity index (χ2n) is 4.83. The smallest absolute Gasteiger partial charge is 0.330 e. The molecule has 1 aromatic heterocycles. The quantitative estimate of drug-likeness (QED) is 0.590. The summed E-state index contributed by atoms with van der Waals surface area (Å²) in [7, 11) is 1.63. The van der Waals surface area contributed by atoms with Crippen LogP contribution in [0.3, 0.4) is 0 Å². The van der Waals surface area contributed by atoms with Crippen LogP contribution in [0.4, 0.5) is 5.69 Å². The first-order chi connectivity index (χ1) is 11.2. The number of esters is 1. The van der Waals surface area contributed by atoms with E-state index in [1.165, 1.54) is 6.08 Å². The van der Waals surface area contributed by atoms with E-state index in [4.69, 9.17) is 13.9 Å². The highest BCUT2D eigenvalue weighted by Gasteiger charge is 2.13. The predicted molar refractivity (Wildman–Crippen MR) is 88.5 cm³/mol. The number of ether oxygens (including phenoxy) is 2. The summed E-state index contributed by atoms with van der Waals surface area (Å²) >= 11 is 0. The Bertz CT molecular complexity index is 617. The van der Waals surface area contributed by atoms with Gasteiger partial charge in [-0.25, -0.2) is 4.79 Å². The van der Waals surface area contributed by atoms with Crippen molar-refractivity contribution in [3.8, 4) is 5.75 Å². The van der Waals surface area contributed by atoms with Crippen LogP contribution in [0.15, 0.2) is 59.2 Å². The average molecular weight is 315 g/mol. The molecule has 2 rings (SSSR count). The highest BCUT2D eigenvalue weighted by atomic mass is 16.5. The lowest BCUT2D eigenvalue weighted by Crippen LogP contribution is -2.09. The Hall–Kier alpha value is -2.69. The maximum Gasteiger partial charge on any atom is 0.330 e. The zero-order valence-electron chi connectivity index (χ0n) is 13.3. The van der Waals surface area contributed by atoms with Crippen molar-refractivity contribution >= 4 is 11.7 Å². The third-order valence-electron chi connectivity index (χ3n) is 3.23. The number of furan rings is 1. The van der Waals surface area contributed by atoms with Crippen LogP contribution in [-0.4, -0.2) is 19.7 Å². The molecule has 23 heavy (non-hydrogen) atoms. The fourth-order valence-corrected chi connectivity index (χ4v) is 2.11. The standard InChI is InChI=1S/C18H21NO4/c1-3-22-18(20)8-4-6-16(17-7-5-13-23-17)19-14-9-11-15(21-2)12-10-14/h4-5,7-13,16,19H,3,6H2,1-2H3/b8-4+/t16-/m0/s1. The van der Waals surface area contributed by atoms with Gasteiger partial charge < -0.3 is 19.2 Å². The van der Waals surface area contributed by atoms with Crippen molar-refractivity contribution in [2.24, 2.45) is 0 Å². The lowest BCUT2D eigenvalue weighted by Gasteiger charge is -2.16. The Morgan fingerprint density at radius 1 is 1.30 bits per heavy atom. The number of anilines is 1. The molecule has 0 unspecified atom stereocenters. The first kappa shape index (κ1) is 16.7.